The van der Waals surface area contributed by atoms with Gasteiger partial charge in [-0.25, -0.2) is 4.79 Å². The number of anilines is 1. The number of amides is 2. The second kappa shape index (κ2) is 9.07. The highest BCUT2D eigenvalue weighted by Gasteiger charge is 2.30. The molecule has 2 aromatic rings. The Balaban J connectivity index is 1.45. The van der Waals surface area contributed by atoms with Crippen molar-refractivity contribution in [3.8, 4) is 5.75 Å². The van der Waals surface area contributed by atoms with Gasteiger partial charge in [-0.3, -0.25) is 0 Å². The zero-order chi connectivity index (χ0) is 20.9. The van der Waals surface area contributed by atoms with E-state index < -0.39 is 17.8 Å². The van der Waals surface area contributed by atoms with E-state index in [0.29, 0.717) is 18.0 Å². The maximum absolute atomic E-state index is 12.8. The van der Waals surface area contributed by atoms with Crippen LogP contribution in [0.5, 0.6) is 5.75 Å². The minimum absolute atomic E-state index is 0.0355. The van der Waals surface area contributed by atoms with E-state index in [1.165, 1.54) is 6.07 Å². The molecular formula is C21H24F3N3O2. The molecule has 3 rings (SSSR count). The Morgan fingerprint density at radius 3 is 2.72 bits per heavy atom. The summed E-state index contributed by atoms with van der Waals surface area (Å²) in [6.45, 7) is 2.21. The minimum atomic E-state index is -4.39. The Labute approximate surface area is 167 Å². The number of rotatable bonds is 6. The molecule has 1 fully saturated rings. The number of carbonyl (C=O) groups excluding carboxylic acids is 1. The lowest BCUT2D eigenvalue weighted by Crippen LogP contribution is -2.38. The number of methoxy groups -OCH3 is 1. The molecule has 2 amide bonds. The number of nitrogens with one attached hydrogen (secondary N) is 2. The van der Waals surface area contributed by atoms with Crippen molar-refractivity contribution in [3.63, 3.8) is 0 Å². The highest BCUT2D eigenvalue weighted by atomic mass is 19.4. The highest BCUT2D eigenvalue weighted by molar-refractivity contribution is 5.73. The van der Waals surface area contributed by atoms with Gasteiger partial charge in [-0.2, -0.15) is 13.2 Å². The number of alkyl halides is 3. The Kier molecular flexibility index (Phi) is 6.51. The van der Waals surface area contributed by atoms with Crippen LogP contribution in [0.25, 0.3) is 0 Å². The molecule has 0 aromatic heterocycles. The van der Waals surface area contributed by atoms with Gasteiger partial charge in [0.05, 0.1) is 18.4 Å². The molecule has 0 radical (unpaired) electrons. The molecule has 2 aromatic carbocycles. The van der Waals surface area contributed by atoms with E-state index in [-0.39, 0.29) is 6.54 Å². The minimum Gasteiger partial charge on any atom is -0.495 e. The predicted octanol–water partition coefficient (Wildman–Crippen LogP) is 4.04. The quantitative estimate of drug-likeness (QED) is 0.760. The fourth-order valence-corrected chi connectivity index (χ4v) is 3.45. The first-order valence-electron chi connectivity index (χ1n) is 9.42. The van der Waals surface area contributed by atoms with Crippen LogP contribution in [-0.4, -0.2) is 32.8 Å². The van der Waals surface area contributed by atoms with Gasteiger partial charge in [0.15, 0.2) is 0 Å². The number of para-hydroxylation sites is 2. The molecule has 1 aliphatic rings. The summed E-state index contributed by atoms with van der Waals surface area (Å²) < 4.78 is 43.7. The molecule has 0 spiro atoms. The zero-order valence-corrected chi connectivity index (χ0v) is 16.1. The van der Waals surface area contributed by atoms with E-state index in [0.717, 1.165) is 43.1 Å². The Morgan fingerprint density at radius 1 is 1.17 bits per heavy atom. The van der Waals surface area contributed by atoms with Gasteiger partial charge in [-0.15, -0.1) is 0 Å². The first kappa shape index (κ1) is 20.8. The van der Waals surface area contributed by atoms with Crippen molar-refractivity contribution >= 4 is 11.7 Å². The van der Waals surface area contributed by atoms with Crippen LogP contribution in [0.3, 0.4) is 0 Å². The number of halogens is 3. The van der Waals surface area contributed by atoms with Gasteiger partial charge < -0.3 is 20.3 Å². The third-order valence-electron chi connectivity index (χ3n) is 4.97. The van der Waals surface area contributed by atoms with Crippen LogP contribution < -0.4 is 20.3 Å². The van der Waals surface area contributed by atoms with E-state index >= 15 is 0 Å². The summed E-state index contributed by atoms with van der Waals surface area (Å²) >= 11 is 0. The average Bonchev–Trinajstić information content (AvgIpc) is 3.19. The molecule has 0 aliphatic carbocycles. The SMILES string of the molecule is COc1ccccc1N1CCC(CNC(=O)NCc2cccc(C(F)(F)F)c2)C1. The van der Waals surface area contributed by atoms with Crippen LogP contribution in [0.4, 0.5) is 23.7 Å². The number of carbonyl (C=O) groups is 1. The summed E-state index contributed by atoms with van der Waals surface area (Å²) in [4.78, 5) is 14.3. The van der Waals surface area contributed by atoms with Crippen LogP contribution in [-0.2, 0) is 12.7 Å². The molecule has 29 heavy (non-hydrogen) atoms. The summed E-state index contributed by atoms with van der Waals surface area (Å²) in [6, 6.07) is 12.4. The van der Waals surface area contributed by atoms with Crippen molar-refractivity contribution in [2.45, 2.75) is 19.1 Å². The molecule has 1 atom stereocenters. The standard InChI is InChI=1S/C21H24F3N3O2/c1-29-19-8-3-2-7-18(19)27-10-9-16(14-27)13-26-20(28)25-12-15-5-4-6-17(11-15)21(22,23)24/h2-8,11,16H,9-10,12-14H2,1H3,(H2,25,26,28). The maximum Gasteiger partial charge on any atom is 0.416 e. The monoisotopic (exact) mass is 407 g/mol. The number of hydrogen-bond acceptors (Lipinski definition) is 3. The van der Waals surface area contributed by atoms with Gasteiger partial charge in [0.25, 0.3) is 0 Å². The summed E-state index contributed by atoms with van der Waals surface area (Å²) in [7, 11) is 1.64. The lowest BCUT2D eigenvalue weighted by atomic mass is 10.1. The van der Waals surface area contributed by atoms with Gasteiger partial charge in [-0.1, -0.05) is 24.3 Å². The van der Waals surface area contributed by atoms with Gasteiger partial charge in [0.2, 0.25) is 0 Å². The Morgan fingerprint density at radius 2 is 1.97 bits per heavy atom. The van der Waals surface area contributed by atoms with Gasteiger partial charge in [0.1, 0.15) is 5.75 Å². The number of hydrogen-bond donors (Lipinski definition) is 2. The second-order valence-corrected chi connectivity index (χ2v) is 7.03. The smallest absolute Gasteiger partial charge is 0.416 e. The average molecular weight is 407 g/mol. The fraction of sp³-hybridized carbons (Fsp3) is 0.381. The van der Waals surface area contributed by atoms with E-state index in [1.54, 1.807) is 13.2 Å². The van der Waals surface area contributed by atoms with Gasteiger partial charge >= 0.3 is 12.2 Å². The zero-order valence-electron chi connectivity index (χ0n) is 16.1. The van der Waals surface area contributed by atoms with Crippen molar-refractivity contribution in [2.75, 3.05) is 31.6 Å². The van der Waals surface area contributed by atoms with Gasteiger partial charge in [0, 0.05) is 26.2 Å². The van der Waals surface area contributed by atoms with Crippen LogP contribution in [0.1, 0.15) is 17.5 Å². The van der Waals surface area contributed by atoms with Crippen molar-refractivity contribution < 1.29 is 22.7 Å². The summed E-state index contributed by atoms with van der Waals surface area (Å²) in [6.07, 6.45) is -3.46. The third-order valence-corrected chi connectivity index (χ3v) is 4.97. The maximum atomic E-state index is 12.8. The summed E-state index contributed by atoms with van der Waals surface area (Å²) in [5, 5.41) is 5.42. The van der Waals surface area contributed by atoms with Crippen molar-refractivity contribution in [1.82, 2.24) is 10.6 Å². The molecular weight excluding hydrogens is 383 g/mol. The second-order valence-electron chi connectivity index (χ2n) is 7.03. The molecule has 1 heterocycles. The Hall–Kier alpha value is -2.90. The normalized spacial score (nSPS) is 16.6. The van der Waals surface area contributed by atoms with E-state index in [9.17, 15) is 18.0 Å². The lowest BCUT2D eigenvalue weighted by Gasteiger charge is -2.21. The van der Waals surface area contributed by atoms with Crippen molar-refractivity contribution in [1.29, 1.82) is 0 Å². The lowest BCUT2D eigenvalue weighted by molar-refractivity contribution is -0.137. The summed E-state index contributed by atoms with van der Waals surface area (Å²) in [5.74, 6) is 1.11. The van der Waals surface area contributed by atoms with Crippen LogP contribution in [0.15, 0.2) is 48.5 Å². The number of ether oxygens (including phenoxy) is 1. The number of benzene rings is 2. The molecule has 5 nitrogen and oxygen atoms in total. The molecule has 8 heteroatoms. The largest absolute Gasteiger partial charge is 0.495 e. The first-order valence-corrected chi connectivity index (χ1v) is 9.42. The molecule has 1 unspecified atom stereocenters. The Bertz CT molecular complexity index is 842. The number of urea groups is 1. The molecule has 0 saturated carbocycles. The molecule has 1 saturated heterocycles. The van der Waals surface area contributed by atoms with Crippen LogP contribution >= 0.6 is 0 Å². The van der Waals surface area contributed by atoms with Gasteiger partial charge in [-0.05, 0) is 42.2 Å². The van der Waals surface area contributed by atoms with E-state index in [1.807, 2.05) is 24.3 Å². The summed E-state index contributed by atoms with van der Waals surface area (Å²) in [5.41, 5.74) is 0.712. The van der Waals surface area contributed by atoms with E-state index in [4.69, 9.17) is 4.74 Å². The van der Waals surface area contributed by atoms with Crippen LogP contribution in [0.2, 0.25) is 0 Å². The first-order chi connectivity index (χ1) is 13.9. The highest BCUT2D eigenvalue weighted by Crippen LogP contribution is 2.32. The van der Waals surface area contributed by atoms with Crippen molar-refractivity contribution in [2.24, 2.45) is 5.92 Å². The van der Waals surface area contributed by atoms with Crippen molar-refractivity contribution in [3.05, 3.63) is 59.7 Å². The third kappa shape index (κ3) is 5.56. The van der Waals surface area contributed by atoms with E-state index in [2.05, 4.69) is 15.5 Å². The molecule has 0 bridgehead atoms. The van der Waals surface area contributed by atoms with Crippen LogP contribution in [0, 0.1) is 5.92 Å². The fourth-order valence-electron chi connectivity index (χ4n) is 3.45. The molecule has 2 N–H and O–H groups in total. The predicted molar refractivity (Wildman–Crippen MR) is 105 cm³/mol. The number of nitrogens with zero attached hydrogens (tertiary/aromatic N) is 1. The molecule has 1 aliphatic heterocycles. The topological polar surface area (TPSA) is 53.6 Å². The molecule has 156 valence electrons.